The third-order valence-corrected chi connectivity index (χ3v) is 3.02. The van der Waals surface area contributed by atoms with E-state index in [0.717, 1.165) is 24.8 Å². The van der Waals surface area contributed by atoms with Gasteiger partial charge in [0.1, 0.15) is 0 Å². The lowest BCUT2D eigenvalue weighted by atomic mass is 9.94. The number of ketones is 1. The minimum Gasteiger partial charge on any atom is -0.478 e. The fraction of sp³-hybridized carbons (Fsp3) is 0.286. The molecule has 1 aromatic rings. The van der Waals surface area contributed by atoms with E-state index in [4.69, 9.17) is 5.11 Å². The predicted octanol–water partition coefficient (Wildman–Crippen LogP) is 2.82. The number of rotatable bonds is 3. The molecule has 0 atom stereocenters. The molecule has 0 unspecified atom stereocenters. The number of carbonyl (C=O) groups excluding carboxylic acids is 1. The lowest BCUT2D eigenvalue weighted by molar-refractivity contribution is -0.116. The van der Waals surface area contributed by atoms with E-state index in [1.165, 1.54) is 6.07 Å². The Morgan fingerprint density at radius 3 is 2.67 bits per heavy atom. The Hall–Kier alpha value is -2.10. The highest BCUT2D eigenvalue weighted by molar-refractivity contribution is 5.97. The first kappa shape index (κ1) is 12.4. The van der Waals surface area contributed by atoms with Gasteiger partial charge in [0.05, 0.1) is 11.3 Å². The molecular weight excluding hydrogens is 230 g/mol. The van der Waals surface area contributed by atoms with Crippen LogP contribution in [0.5, 0.6) is 0 Å². The van der Waals surface area contributed by atoms with E-state index in [9.17, 15) is 9.59 Å². The maximum Gasteiger partial charge on any atom is 0.337 e. The average Bonchev–Trinajstić information content (AvgIpc) is 2.38. The van der Waals surface area contributed by atoms with E-state index in [2.05, 4.69) is 5.32 Å². The molecule has 0 aromatic heterocycles. The van der Waals surface area contributed by atoms with Gasteiger partial charge in [0.2, 0.25) is 0 Å². The van der Waals surface area contributed by atoms with Gasteiger partial charge in [0.25, 0.3) is 0 Å². The zero-order valence-electron chi connectivity index (χ0n) is 9.98. The molecular formula is C14H15NO3. The first-order chi connectivity index (χ1) is 8.68. The summed E-state index contributed by atoms with van der Waals surface area (Å²) in [7, 11) is 0. The molecule has 18 heavy (non-hydrogen) atoms. The molecule has 1 saturated carbocycles. The van der Waals surface area contributed by atoms with Crippen LogP contribution in [0.15, 0.2) is 36.0 Å². The molecule has 0 spiro atoms. The molecule has 0 heterocycles. The minimum atomic E-state index is -0.980. The largest absolute Gasteiger partial charge is 0.478 e. The van der Waals surface area contributed by atoms with Crippen molar-refractivity contribution < 1.29 is 14.7 Å². The zero-order chi connectivity index (χ0) is 13.0. The van der Waals surface area contributed by atoms with Crippen LogP contribution in [0.25, 0.3) is 0 Å². The van der Waals surface area contributed by atoms with E-state index in [0.29, 0.717) is 12.1 Å². The van der Waals surface area contributed by atoms with Gasteiger partial charge in [0.15, 0.2) is 5.78 Å². The predicted molar refractivity (Wildman–Crippen MR) is 68.6 cm³/mol. The second kappa shape index (κ2) is 5.49. The van der Waals surface area contributed by atoms with Crippen molar-refractivity contribution in [3.8, 4) is 0 Å². The van der Waals surface area contributed by atoms with Crippen LogP contribution in [0.3, 0.4) is 0 Å². The SMILES string of the molecule is O=C1CCCCC1=CNc1ccccc1C(=O)O. The van der Waals surface area contributed by atoms with Crippen molar-refractivity contribution >= 4 is 17.4 Å². The number of carbonyl (C=O) groups is 2. The summed E-state index contributed by atoms with van der Waals surface area (Å²) in [5, 5.41) is 12.0. The Kier molecular flexibility index (Phi) is 3.77. The third-order valence-electron chi connectivity index (χ3n) is 3.02. The molecule has 0 saturated heterocycles. The maximum absolute atomic E-state index is 11.6. The Labute approximate surface area is 105 Å². The molecule has 0 amide bonds. The molecule has 94 valence electrons. The maximum atomic E-state index is 11.6. The van der Waals surface area contributed by atoms with Gasteiger partial charge in [-0.1, -0.05) is 12.1 Å². The highest BCUT2D eigenvalue weighted by atomic mass is 16.4. The molecule has 1 aromatic carbocycles. The molecule has 2 rings (SSSR count). The summed E-state index contributed by atoms with van der Waals surface area (Å²) in [4.78, 5) is 22.6. The normalized spacial score (nSPS) is 17.8. The molecule has 0 radical (unpaired) electrons. The van der Waals surface area contributed by atoms with E-state index in [1.807, 2.05) is 0 Å². The van der Waals surface area contributed by atoms with Crippen LogP contribution in [0.4, 0.5) is 5.69 Å². The Bertz CT molecular complexity index is 506. The van der Waals surface area contributed by atoms with Gasteiger partial charge in [0, 0.05) is 18.2 Å². The van der Waals surface area contributed by atoms with Crippen LogP contribution in [0, 0.1) is 0 Å². The van der Waals surface area contributed by atoms with Crippen molar-refractivity contribution in [1.82, 2.24) is 0 Å². The number of allylic oxidation sites excluding steroid dienone is 1. The van der Waals surface area contributed by atoms with Crippen LogP contribution >= 0.6 is 0 Å². The van der Waals surface area contributed by atoms with E-state index in [1.54, 1.807) is 24.4 Å². The fourth-order valence-corrected chi connectivity index (χ4v) is 2.01. The molecule has 0 bridgehead atoms. The summed E-state index contributed by atoms with van der Waals surface area (Å²) in [6.07, 6.45) is 4.96. The van der Waals surface area contributed by atoms with Gasteiger partial charge in [-0.3, -0.25) is 4.79 Å². The Morgan fingerprint density at radius 2 is 1.94 bits per heavy atom. The van der Waals surface area contributed by atoms with Crippen molar-refractivity contribution in [2.45, 2.75) is 25.7 Å². The Balaban J connectivity index is 2.17. The van der Waals surface area contributed by atoms with Crippen LogP contribution < -0.4 is 5.32 Å². The summed E-state index contributed by atoms with van der Waals surface area (Å²) >= 11 is 0. The number of benzene rings is 1. The highest BCUT2D eigenvalue weighted by Gasteiger charge is 2.15. The fourth-order valence-electron chi connectivity index (χ4n) is 2.01. The number of Topliss-reactive ketones (excluding diaryl/α,β-unsaturated/α-hetero) is 1. The van der Waals surface area contributed by atoms with Gasteiger partial charge >= 0.3 is 5.97 Å². The number of para-hydroxylation sites is 1. The molecule has 0 aliphatic heterocycles. The van der Waals surface area contributed by atoms with Crippen molar-refractivity contribution in [2.75, 3.05) is 5.32 Å². The minimum absolute atomic E-state index is 0.154. The molecule has 2 N–H and O–H groups in total. The van der Waals surface area contributed by atoms with E-state index in [-0.39, 0.29) is 11.3 Å². The van der Waals surface area contributed by atoms with Crippen molar-refractivity contribution in [3.63, 3.8) is 0 Å². The van der Waals surface area contributed by atoms with Crippen LogP contribution in [-0.4, -0.2) is 16.9 Å². The third kappa shape index (κ3) is 2.77. The first-order valence-electron chi connectivity index (χ1n) is 5.99. The second-order valence-corrected chi connectivity index (χ2v) is 4.29. The van der Waals surface area contributed by atoms with Gasteiger partial charge in [-0.05, 0) is 31.4 Å². The summed E-state index contributed by atoms with van der Waals surface area (Å²) in [6.45, 7) is 0. The molecule has 4 heteroatoms. The average molecular weight is 245 g/mol. The highest BCUT2D eigenvalue weighted by Crippen LogP contribution is 2.21. The lowest BCUT2D eigenvalue weighted by Gasteiger charge is -2.13. The second-order valence-electron chi connectivity index (χ2n) is 4.29. The van der Waals surface area contributed by atoms with Crippen molar-refractivity contribution in [1.29, 1.82) is 0 Å². The van der Waals surface area contributed by atoms with Gasteiger partial charge < -0.3 is 10.4 Å². The van der Waals surface area contributed by atoms with E-state index >= 15 is 0 Å². The van der Waals surface area contributed by atoms with Gasteiger partial charge in [-0.25, -0.2) is 4.79 Å². The number of carboxylic acids is 1. The summed E-state index contributed by atoms with van der Waals surface area (Å²) < 4.78 is 0. The number of hydrogen-bond acceptors (Lipinski definition) is 3. The number of anilines is 1. The number of hydrogen-bond donors (Lipinski definition) is 2. The molecule has 1 aliphatic rings. The Morgan fingerprint density at radius 1 is 1.22 bits per heavy atom. The smallest absolute Gasteiger partial charge is 0.337 e. The standard InChI is InChI=1S/C14H15NO3/c16-13-8-4-1-5-10(13)9-15-12-7-3-2-6-11(12)14(17)18/h2-3,6-7,9,15H,1,4-5,8H2,(H,17,18). The summed E-state index contributed by atoms with van der Waals surface area (Å²) in [5.74, 6) is -0.826. The topological polar surface area (TPSA) is 66.4 Å². The summed E-state index contributed by atoms with van der Waals surface area (Å²) in [6, 6.07) is 6.66. The van der Waals surface area contributed by atoms with Crippen LogP contribution in [0.1, 0.15) is 36.0 Å². The molecule has 1 aliphatic carbocycles. The molecule has 4 nitrogen and oxygen atoms in total. The summed E-state index contributed by atoms with van der Waals surface area (Å²) in [5.41, 5.74) is 1.47. The zero-order valence-corrected chi connectivity index (χ0v) is 9.98. The number of nitrogens with one attached hydrogen (secondary N) is 1. The number of carboxylic acid groups (broad SMARTS) is 1. The number of aromatic carboxylic acids is 1. The lowest BCUT2D eigenvalue weighted by Crippen LogP contribution is -2.10. The van der Waals surface area contributed by atoms with Crippen molar-refractivity contribution in [2.24, 2.45) is 0 Å². The monoisotopic (exact) mass is 245 g/mol. The van der Waals surface area contributed by atoms with E-state index < -0.39 is 5.97 Å². The van der Waals surface area contributed by atoms with Gasteiger partial charge in [-0.2, -0.15) is 0 Å². The van der Waals surface area contributed by atoms with Crippen LogP contribution in [0.2, 0.25) is 0 Å². The first-order valence-corrected chi connectivity index (χ1v) is 5.99. The quantitative estimate of drug-likeness (QED) is 0.803. The molecule has 1 fully saturated rings. The van der Waals surface area contributed by atoms with Crippen molar-refractivity contribution in [3.05, 3.63) is 41.6 Å². The van der Waals surface area contributed by atoms with Gasteiger partial charge in [-0.15, -0.1) is 0 Å². The van der Waals surface area contributed by atoms with Crippen LogP contribution in [-0.2, 0) is 4.79 Å².